The number of hydrogen-bond donors (Lipinski definition) is 1. The van der Waals surface area contributed by atoms with E-state index in [4.69, 9.17) is 0 Å². The highest BCUT2D eigenvalue weighted by Crippen LogP contribution is 2.30. The summed E-state index contributed by atoms with van der Waals surface area (Å²) in [6.07, 6.45) is 1.53. The van der Waals surface area contributed by atoms with Crippen molar-refractivity contribution in [2.75, 3.05) is 36.4 Å². The molecule has 1 aromatic carbocycles. The van der Waals surface area contributed by atoms with Crippen LogP contribution in [0.1, 0.15) is 0 Å². The molecule has 1 N–H and O–H groups in total. The molecule has 0 atom stereocenters. The molecule has 7 nitrogen and oxygen atoms in total. The average molecular weight is 402 g/mol. The smallest absolute Gasteiger partial charge is 0.323 e. The average Bonchev–Trinajstić information content (AvgIpc) is 3.21. The van der Waals surface area contributed by atoms with Gasteiger partial charge in [0.2, 0.25) is 0 Å². The number of benzene rings is 1. The van der Waals surface area contributed by atoms with Crippen LogP contribution in [0, 0.1) is 11.6 Å². The first kappa shape index (κ1) is 18.2. The van der Waals surface area contributed by atoms with Crippen LogP contribution >= 0.6 is 11.3 Å². The number of rotatable bonds is 3. The van der Waals surface area contributed by atoms with Gasteiger partial charge >= 0.3 is 6.03 Å². The van der Waals surface area contributed by atoms with E-state index in [1.807, 2.05) is 4.90 Å². The van der Waals surface area contributed by atoms with Crippen LogP contribution in [-0.2, 0) is 0 Å². The lowest BCUT2D eigenvalue weighted by atomic mass is 10.1. The Labute approximate surface area is 163 Å². The Morgan fingerprint density at radius 1 is 1.11 bits per heavy atom. The summed E-state index contributed by atoms with van der Waals surface area (Å²) < 4.78 is 27.4. The lowest BCUT2D eigenvalue weighted by molar-refractivity contribution is 0.208. The van der Waals surface area contributed by atoms with Gasteiger partial charge in [-0.05, 0) is 24.3 Å². The molecule has 0 aliphatic carbocycles. The summed E-state index contributed by atoms with van der Waals surface area (Å²) in [5.74, 6) is -1.39. The topological polar surface area (TPSA) is 74.2 Å². The van der Waals surface area contributed by atoms with Crippen molar-refractivity contribution in [3.05, 3.63) is 53.5 Å². The fourth-order valence-corrected chi connectivity index (χ4v) is 3.77. The van der Waals surface area contributed by atoms with Crippen molar-refractivity contribution in [2.45, 2.75) is 0 Å². The Kier molecular flexibility index (Phi) is 5.11. The van der Waals surface area contributed by atoms with Crippen molar-refractivity contribution in [3.63, 3.8) is 0 Å². The Hall–Kier alpha value is -3.14. The van der Waals surface area contributed by atoms with E-state index in [0.29, 0.717) is 42.8 Å². The summed E-state index contributed by atoms with van der Waals surface area (Å²) in [6.45, 7) is 2.20. The quantitative estimate of drug-likeness (QED) is 0.728. The fraction of sp³-hybridized carbons (Fsp3) is 0.222. The van der Waals surface area contributed by atoms with E-state index >= 15 is 0 Å². The third kappa shape index (κ3) is 3.77. The summed E-state index contributed by atoms with van der Waals surface area (Å²) in [5.41, 5.74) is 0.546. The van der Waals surface area contributed by atoms with Gasteiger partial charge in [0.05, 0.1) is 5.69 Å². The fourth-order valence-electron chi connectivity index (χ4n) is 2.89. The molecule has 10 heteroatoms. The number of carbonyl (C=O) groups excluding carboxylic acids is 1. The number of carbonyl (C=O) groups is 1. The number of urea groups is 1. The summed E-state index contributed by atoms with van der Waals surface area (Å²) in [6, 6.07) is 7.18. The second-order valence-electron chi connectivity index (χ2n) is 6.13. The molecule has 0 spiro atoms. The minimum absolute atomic E-state index is 0.143. The molecule has 2 amide bonds. The highest BCUT2D eigenvalue weighted by molar-refractivity contribution is 7.14. The second kappa shape index (κ2) is 7.85. The van der Waals surface area contributed by atoms with Crippen molar-refractivity contribution >= 4 is 28.3 Å². The molecule has 3 aromatic rings. The molecule has 4 rings (SSSR count). The zero-order valence-corrected chi connectivity index (χ0v) is 15.5. The van der Waals surface area contributed by atoms with Gasteiger partial charge in [0.15, 0.2) is 22.6 Å². The Morgan fingerprint density at radius 2 is 1.93 bits per heavy atom. The molecule has 3 heterocycles. The van der Waals surface area contributed by atoms with Crippen LogP contribution in [0.15, 0.2) is 41.9 Å². The molecule has 28 heavy (non-hydrogen) atoms. The number of piperazine rings is 1. The van der Waals surface area contributed by atoms with Gasteiger partial charge in [-0.25, -0.2) is 18.6 Å². The van der Waals surface area contributed by atoms with Crippen molar-refractivity contribution in [1.82, 2.24) is 20.1 Å². The summed E-state index contributed by atoms with van der Waals surface area (Å²) in [5, 5.41) is 12.7. The third-order valence-corrected chi connectivity index (χ3v) is 5.27. The van der Waals surface area contributed by atoms with Gasteiger partial charge in [-0.3, -0.25) is 5.32 Å². The maximum absolute atomic E-state index is 14.0. The molecule has 0 bridgehead atoms. The molecule has 1 fully saturated rings. The molecular weight excluding hydrogens is 386 g/mol. The Morgan fingerprint density at radius 3 is 2.68 bits per heavy atom. The number of nitrogens with zero attached hydrogens (tertiary/aromatic N) is 5. The highest BCUT2D eigenvalue weighted by Gasteiger charge is 2.24. The number of thiazole rings is 1. The molecule has 0 radical (unpaired) electrons. The molecule has 1 aliphatic rings. The maximum atomic E-state index is 14.0. The van der Waals surface area contributed by atoms with Gasteiger partial charge < -0.3 is 9.80 Å². The molecule has 0 unspecified atom stereocenters. The van der Waals surface area contributed by atoms with Crippen molar-refractivity contribution in [2.24, 2.45) is 0 Å². The second-order valence-corrected chi connectivity index (χ2v) is 6.97. The van der Waals surface area contributed by atoms with E-state index in [9.17, 15) is 13.6 Å². The molecule has 2 aromatic heterocycles. The zero-order valence-electron chi connectivity index (χ0n) is 14.7. The third-order valence-electron chi connectivity index (χ3n) is 4.36. The lowest BCUT2D eigenvalue weighted by Crippen LogP contribution is -2.50. The van der Waals surface area contributed by atoms with Gasteiger partial charge in [-0.2, -0.15) is 5.10 Å². The van der Waals surface area contributed by atoms with Crippen LogP contribution in [0.5, 0.6) is 0 Å². The van der Waals surface area contributed by atoms with Crippen LogP contribution in [0.2, 0.25) is 0 Å². The minimum atomic E-state index is -0.898. The Balaban J connectivity index is 1.38. The monoisotopic (exact) mass is 402 g/mol. The minimum Gasteiger partial charge on any atom is -0.345 e. The van der Waals surface area contributed by atoms with Crippen molar-refractivity contribution in [3.8, 4) is 11.3 Å². The zero-order chi connectivity index (χ0) is 19.5. The van der Waals surface area contributed by atoms with E-state index in [1.54, 1.807) is 22.4 Å². The van der Waals surface area contributed by atoms with Gasteiger partial charge in [-0.15, -0.1) is 16.4 Å². The first-order chi connectivity index (χ1) is 13.6. The first-order valence-electron chi connectivity index (χ1n) is 8.60. The van der Waals surface area contributed by atoms with Crippen molar-refractivity contribution in [1.29, 1.82) is 0 Å². The van der Waals surface area contributed by atoms with Crippen LogP contribution in [-0.4, -0.2) is 52.3 Å². The maximum Gasteiger partial charge on any atom is 0.323 e. The summed E-state index contributed by atoms with van der Waals surface area (Å²) in [7, 11) is 0. The standard InChI is InChI=1S/C18H16F2N6OS/c19-13-4-1-3-12(16(13)20)14-11-28-18(22-14)26-9-7-25(8-10-26)17(27)23-15-5-2-6-21-24-15/h1-6,11H,7-10H2,(H,23,24,27). The van der Waals surface area contributed by atoms with Crippen LogP contribution in [0.4, 0.5) is 24.5 Å². The first-order valence-corrected chi connectivity index (χ1v) is 9.48. The predicted octanol–water partition coefficient (Wildman–Crippen LogP) is 3.23. The molecule has 1 saturated heterocycles. The molecule has 1 aliphatic heterocycles. The van der Waals surface area contributed by atoms with E-state index in [0.717, 1.165) is 6.07 Å². The van der Waals surface area contributed by atoms with Gasteiger partial charge in [0, 0.05) is 43.3 Å². The van der Waals surface area contributed by atoms with Crippen LogP contribution < -0.4 is 10.2 Å². The number of anilines is 2. The van der Waals surface area contributed by atoms with Crippen LogP contribution in [0.25, 0.3) is 11.3 Å². The Bertz CT molecular complexity index is 975. The number of nitrogens with one attached hydrogen (secondary N) is 1. The van der Waals surface area contributed by atoms with E-state index < -0.39 is 11.6 Å². The number of hydrogen-bond acceptors (Lipinski definition) is 6. The van der Waals surface area contributed by atoms with E-state index in [-0.39, 0.29) is 11.6 Å². The van der Waals surface area contributed by atoms with E-state index in [1.165, 1.54) is 29.7 Å². The van der Waals surface area contributed by atoms with Gasteiger partial charge in [0.25, 0.3) is 0 Å². The lowest BCUT2D eigenvalue weighted by Gasteiger charge is -2.34. The van der Waals surface area contributed by atoms with Gasteiger partial charge in [-0.1, -0.05) is 6.07 Å². The summed E-state index contributed by atoms with van der Waals surface area (Å²) in [4.78, 5) is 20.5. The molecular formula is C18H16F2N6OS. The summed E-state index contributed by atoms with van der Waals surface area (Å²) >= 11 is 1.37. The SMILES string of the molecule is O=C(Nc1cccnn1)N1CCN(c2nc(-c3cccc(F)c3F)cs2)CC1. The largest absolute Gasteiger partial charge is 0.345 e. The highest BCUT2D eigenvalue weighted by atomic mass is 32.1. The van der Waals surface area contributed by atoms with E-state index in [2.05, 4.69) is 20.5 Å². The number of halogens is 2. The number of amides is 2. The van der Waals surface area contributed by atoms with Gasteiger partial charge in [0.1, 0.15) is 0 Å². The predicted molar refractivity (Wildman–Crippen MR) is 102 cm³/mol. The molecule has 0 saturated carbocycles. The van der Waals surface area contributed by atoms with Crippen LogP contribution in [0.3, 0.4) is 0 Å². The molecule has 144 valence electrons. The number of aromatic nitrogens is 3. The normalized spacial score (nSPS) is 14.2. The van der Waals surface area contributed by atoms with Crippen molar-refractivity contribution < 1.29 is 13.6 Å².